The van der Waals surface area contributed by atoms with Crippen LogP contribution in [0.4, 0.5) is 0 Å². The van der Waals surface area contributed by atoms with Gasteiger partial charge in [0.15, 0.2) is 0 Å². The van der Waals surface area contributed by atoms with Crippen LogP contribution in [-0.2, 0) is 12.0 Å². The Hall–Kier alpha value is -1.83. The predicted molar refractivity (Wildman–Crippen MR) is 69.1 cm³/mol. The Morgan fingerprint density at radius 3 is 2.67 bits per heavy atom. The maximum absolute atomic E-state index is 12.0. The van der Waals surface area contributed by atoms with Gasteiger partial charge in [-0.1, -0.05) is 6.92 Å². The number of carbonyl (C=O) groups excluding carboxylic acids is 1. The first-order valence-corrected chi connectivity index (χ1v) is 6.09. The summed E-state index contributed by atoms with van der Waals surface area (Å²) in [7, 11) is 0. The highest BCUT2D eigenvalue weighted by atomic mass is 16.1. The molecule has 1 atom stereocenters. The fourth-order valence-corrected chi connectivity index (χ4v) is 1.79. The van der Waals surface area contributed by atoms with E-state index in [0.29, 0.717) is 5.56 Å². The highest BCUT2D eigenvalue weighted by Gasteiger charge is 2.23. The minimum absolute atomic E-state index is 0.162. The van der Waals surface area contributed by atoms with Crippen LogP contribution in [0.25, 0.3) is 0 Å². The van der Waals surface area contributed by atoms with Crippen molar-refractivity contribution in [2.24, 2.45) is 0 Å². The summed E-state index contributed by atoms with van der Waals surface area (Å²) in [4.78, 5) is 12.0. The summed E-state index contributed by atoms with van der Waals surface area (Å²) in [5.74, 6) is -0.239. The lowest BCUT2D eigenvalue weighted by Gasteiger charge is -2.22. The minimum atomic E-state index is -0.500. The van der Waals surface area contributed by atoms with Gasteiger partial charge in [-0.05, 0) is 34.1 Å². The number of aromatic nitrogens is 2. The fourth-order valence-electron chi connectivity index (χ4n) is 1.79. The monoisotopic (exact) mass is 248 g/mol. The summed E-state index contributed by atoms with van der Waals surface area (Å²) in [6, 6.07) is 1.48. The number of nitrogens with zero attached hydrogens (tertiary/aromatic N) is 3. The van der Waals surface area contributed by atoms with E-state index in [1.807, 2.05) is 38.4 Å². The minimum Gasteiger partial charge on any atom is -0.336 e. The van der Waals surface area contributed by atoms with Crippen LogP contribution < -0.4 is 5.32 Å². The zero-order valence-corrected chi connectivity index (χ0v) is 11.6. The van der Waals surface area contributed by atoms with Crippen LogP contribution >= 0.6 is 0 Å². The lowest BCUT2D eigenvalue weighted by Crippen LogP contribution is -2.32. The Balaban J connectivity index is 3.09. The van der Waals surface area contributed by atoms with Crippen LogP contribution in [0, 0.1) is 11.3 Å². The molecule has 1 rings (SSSR count). The number of nitrogens with one attached hydrogen (secondary N) is 1. The van der Waals surface area contributed by atoms with Crippen LogP contribution in [0.2, 0.25) is 0 Å². The molecule has 1 N–H and O–H groups in total. The molecule has 0 aliphatic carbocycles. The molecule has 0 spiro atoms. The molecule has 1 amide bonds. The molecule has 0 bridgehead atoms. The normalized spacial score (nSPS) is 12.9. The van der Waals surface area contributed by atoms with Gasteiger partial charge in [-0.25, -0.2) is 0 Å². The van der Waals surface area contributed by atoms with Crippen LogP contribution in [0.15, 0.2) is 6.20 Å². The number of carbonyl (C=O) groups is 1. The Kier molecular flexibility index (Phi) is 4.12. The van der Waals surface area contributed by atoms with Gasteiger partial charge in [0.1, 0.15) is 6.04 Å². The van der Waals surface area contributed by atoms with E-state index in [2.05, 4.69) is 10.4 Å². The van der Waals surface area contributed by atoms with Gasteiger partial charge in [0, 0.05) is 0 Å². The van der Waals surface area contributed by atoms with Gasteiger partial charge in [0.05, 0.1) is 29.1 Å². The second kappa shape index (κ2) is 5.21. The summed E-state index contributed by atoms with van der Waals surface area (Å²) in [5.41, 5.74) is 1.28. The maximum atomic E-state index is 12.0. The molecule has 0 aromatic carbocycles. The zero-order chi connectivity index (χ0) is 13.9. The van der Waals surface area contributed by atoms with Crippen molar-refractivity contribution in [2.75, 3.05) is 0 Å². The van der Waals surface area contributed by atoms with Crippen molar-refractivity contribution in [1.82, 2.24) is 15.1 Å². The summed E-state index contributed by atoms with van der Waals surface area (Å²) in [6.07, 6.45) is 2.30. The smallest absolute Gasteiger partial charge is 0.255 e. The molecule has 5 nitrogen and oxygen atoms in total. The van der Waals surface area contributed by atoms with Gasteiger partial charge in [0.2, 0.25) is 0 Å². The van der Waals surface area contributed by atoms with E-state index in [1.165, 1.54) is 0 Å². The first-order chi connectivity index (χ1) is 8.31. The second-order valence-electron chi connectivity index (χ2n) is 5.27. The molecular weight excluding hydrogens is 228 g/mol. The topological polar surface area (TPSA) is 70.7 Å². The molecule has 5 heteroatoms. The standard InChI is InChI=1S/C13H20N4O/c1-6-11-10(12(18)16-9(2)7-14)8-15-17(11)13(3,4)5/h8-9H,6H2,1-5H3,(H,16,18)/t9-/m0/s1. The molecule has 0 unspecified atom stereocenters. The van der Waals surface area contributed by atoms with Crippen molar-refractivity contribution in [2.45, 2.75) is 52.6 Å². The Morgan fingerprint density at radius 2 is 2.22 bits per heavy atom. The van der Waals surface area contributed by atoms with Gasteiger partial charge in [-0.2, -0.15) is 10.4 Å². The van der Waals surface area contributed by atoms with E-state index in [-0.39, 0.29) is 11.4 Å². The summed E-state index contributed by atoms with van der Waals surface area (Å²) in [5, 5.41) is 15.6. The molecule has 0 aliphatic rings. The lowest BCUT2D eigenvalue weighted by molar-refractivity contribution is 0.0946. The largest absolute Gasteiger partial charge is 0.336 e. The van der Waals surface area contributed by atoms with Crippen LogP contribution in [0.3, 0.4) is 0 Å². The quantitative estimate of drug-likeness (QED) is 0.887. The van der Waals surface area contributed by atoms with E-state index in [9.17, 15) is 4.79 Å². The molecule has 0 fully saturated rings. The third-order valence-electron chi connectivity index (χ3n) is 2.63. The number of hydrogen-bond donors (Lipinski definition) is 1. The SMILES string of the molecule is CCc1c(C(=O)N[C@@H](C)C#N)cnn1C(C)(C)C. The number of rotatable bonds is 3. The zero-order valence-electron chi connectivity index (χ0n) is 11.6. The Labute approximate surface area is 108 Å². The van der Waals surface area contributed by atoms with Crippen molar-refractivity contribution in [3.63, 3.8) is 0 Å². The average molecular weight is 248 g/mol. The van der Waals surface area contributed by atoms with Crippen molar-refractivity contribution >= 4 is 5.91 Å². The van der Waals surface area contributed by atoms with Crippen molar-refractivity contribution in [1.29, 1.82) is 5.26 Å². The number of hydrogen-bond acceptors (Lipinski definition) is 3. The first kappa shape index (κ1) is 14.2. The summed E-state index contributed by atoms with van der Waals surface area (Å²) >= 11 is 0. The van der Waals surface area contributed by atoms with Gasteiger partial charge in [-0.15, -0.1) is 0 Å². The number of amides is 1. The van der Waals surface area contributed by atoms with Crippen LogP contribution in [-0.4, -0.2) is 21.7 Å². The molecular formula is C13H20N4O. The predicted octanol–water partition coefficient (Wildman–Crippen LogP) is 1.84. The van der Waals surface area contributed by atoms with E-state index >= 15 is 0 Å². The molecule has 0 saturated carbocycles. The first-order valence-electron chi connectivity index (χ1n) is 6.09. The van der Waals surface area contributed by atoms with Gasteiger partial charge >= 0.3 is 0 Å². The second-order valence-corrected chi connectivity index (χ2v) is 5.27. The van der Waals surface area contributed by atoms with Crippen molar-refractivity contribution in [3.8, 4) is 6.07 Å². The van der Waals surface area contributed by atoms with Crippen molar-refractivity contribution < 1.29 is 4.79 Å². The molecule has 0 saturated heterocycles. The van der Waals surface area contributed by atoms with Gasteiger partial charge in [-0.3, -0.25) is 9.48 Å². The number of nitriles is 1. The molecule has 1 aromatic heterocycles. The van der Waals surface area contributed by atoms with Crippen molar-refractivity contribution in [3.05, 3.63) is 17.5 Å². The highest BCUT2D eigenvalue weighted by Crippen LogP contribution is 2.19. The average Bonchev–Trinajstić information content (AvgIpc) is 2.71. The fraction of sp³-hybridized carbons (Fsp3) is 0.615. The van der Waals surface area contributed by atoms with Gasteiger partial charge < -0.3 is 5.32 Å². The third kappa shape index (κ3) is 2.89. The summed E-state index contributed by atoms with van der Waals surface area (Å²) < 4.78 is 1.86. The summed E-state index contributed by atoms with van der Waals surface area (Å²) in [6.45, 7) is 9.76. The molecule has 18 heavy (non-hydrogen) atoms. The third-order valence-corrected chi connectivity index (χ3v) is 2.63. The molecule has 1 heterocycles. The Morgan fingerprint density at radius 1 is 1.61 bits per heavy atom. The van der Waals surface area contributed by atoms with E-state index in [4.69, 9.17) is 5.26 Å². The molecule has 0 aliphatic heterocycles. The van der Waals surface area contributed by atoms with E-state index < -0.39 is 6.04 Å². The van der Waals surface area contributed by atoms with Gasteiger partial charge in [0.25, 0.3) is 5.91 Å². The van der Waals surface area contributed by atoms with E-state index in [1.54, 1.807) is 13.1 Å². The molecule has 98 valence electrons. The Bertz CT molecular complexity index is 476. The molecule has 0 radical (unpaired) electrons. The lowest BCUT2D eigenvalue weighted by atomic mass is 10.1. The maximum Gasteiger partial charge on any atom is 0.255 e. The van der Waals surface area contributed by atoms with E-state index in [0.717, 1.165) is 12.1 Å². The highest BCUT2D eigenvalue weighted by molar-refractivity contribution is 5.95. The molecule has 1 aromatic rings. The van der Waals surface area contributed by atoms with Crippen LogP contribution in [0.1, 0.15) is 50.7 Å². The van der Waals surface area contributed by atoms with Crippen LogP contribution in [0.5, 0.6) is 0 Å².